The average Bonchev–Trinajstić information content (AvgIpc) is 0.918. The van der Waals surface area contributed by atoms with E-state index < -0.39 is 0 Å². The fourth-order valence-corrected chi connectivity index (χ4v) is 0. The molecule has 1 nitrogen and oxygen atoms in total. The van der Waals surface area contributed by atoms with Crippen molar-refractivity contribution in [3.63, 3.8) is 0 Å². The molecule has 0 radical (unpaired) electrons. The number of thiocyanates is 1. The summed E-state index contributed by atoms with van der Waals surface area (Å²) in [7, 11) is 0. The predicted molar refractivity (Wildman–Crippen MR) is 13.0 cm³/mol. The Morgan fingerprint density at radius 1 is 1.75 bits per heavy atom. The topological polar surface area (TPSA) is 23.8 Å². The Kier molecular flexibility index (Phi) is 22.1. The minimum Gasteiger partial charge on any atom is -0.696 e. The zero-order valence-electron chi connectivity index (χ0n) is 1.67. The maximum Gasteiger partial charge on any atom is 4.00 e. The van der Waals surface area contributed by atoms with E-state index in [1.165, 1.54) is 5.40 Å². The molecule has 0 atom stereocenters. The van der Waals surface area contributed by atoms with Crippen LogP contribution in [0.4, 0.5) is 0 Å². The zero-order valence-corrected chi connectivity index (χ0v) is 4.76. The Bertz CT molecular complexity index is 29.5. The van der Waals surface area contributed by atoms with Crippen molar-refractivity contribution in [2.75, 3.05) is 0 Å². The molecule has 0 bridgehead atoms. The summed E-state index contributed by atoms with van der Waals surface area (Å²) in [5.74, 6) is 0. The molecule has 0 rings (SSSR count). The largest absolute Gasteiger partial charge is 4.00 e. The normalized spacial score (nSPS) is 1.75. The maximum atomic E-state index is 7.13. The summed E-state index contributed by atoms with van der Waals surface area (Å²) in [4.78, 5) is 0. The Labute approximate surface area is 44.7 Å². The molecule has 0 saturated heterocycles. The third-order valence-electron chi connectivity index (χ3n) is 0. The second kappa shape index (κ2) is 10.00. The van der Waals surface area contributed by atoms with Gasteiger partial charge in [-0.15, -0.1) is 0 Å². The van der Waals surface area contributed by atoms with Crippen LogP contribution in [0.5, 0.6) is 0 Å². The van der Waals surface area contributed by atoms with Crippen molar-refractivity contribution in [3.8, 4) is 5.40 Å². The van der Waals surface area contributed by atoms with Crippen LogP contribution < -0.4 is 0 Å². The molecule has 4 heavy (non-hydrogen) atoms. The van der Waals surface area contributed by atoms with Crippen molar-refractivity contribution in [3.05, 3.63) is 0 Å². The quantitative estimate of drug-likeness (QED) is 0.448. The van der Waals surface area contributed by atoms with Crippen molar-refractivity contribution in [1.29, 1.82) is 5.26 Å². The summed E-state index contributed by atoms with van der Waals surface area (Å²) in [5.41, 5.74) is 0. The predicted octanol–water partition coefficient (Wildman–Crippen LogP) is 0.0119. The second-order valence-corrected chi connectivity index (χ2v) is 0.274. The molecule has 0 aromatic rings. The Hall–Kier alpha value is 0.398. The van der Waals surface area contributed by atoms with E-state index in [-0.39, 0.29) is 21.1 Å². The van der Waals surface area contributed by atoms with Crippen molar-refractivity contribution in [2.24, 2.45) is 0 Å². The first-order valence-corrected chi connectivity index (χ1v) is 0.836. The van der Waals surface area contributed by atoms with Gasteiger partial charge in [0.25, 0.3) is 0 Å². The molecule has 22 valence electrons. The van der Waals surface area contributed by atoms with E-state index in [2.05, 4.69) is 12.6 Å². The van der Waals surface area contributed by atoms with Gasteiger partial charge in [-0.1, -0.05) is 5.40 Å². The smallest absolute Gasteiger partial charge is 0.696 e. The van der Waals surface area contributed by atoms with E-state index in [1.807, 2.05) is 0 Å². The molecule has 0 unspecified atom stereocenters. The van der Waals surface area contributed by atoms with Gasteiger partial charge in [0, 0.05) is 0 Å². The van der Waals surface area contributed by atoms with Gasteiger partial charge in [-0.05, 0) is 0 Å². The molecule has 0 amide bonds. The monoisotopic (exact) mass is 253 g/mol. The Morgan fingerprint density at radius 3 is 1.75 bits per heavy atom. The van der Waals surface area contributed by atoms with Gasteiger partial charge in [-0.3, -0.25) is 0 Å². The molecule has 0 heterocycles. The molecular formula is CNPtS+3. The summed E-state index contributed by atoms with van der Waals surface area (Å²) in [6.45, 7) is 0. The summed E-state index contributed by atoms with van der Waals surface area (Å²) in [6.07, 6.45) is 0. The molecule has 0 spiro atoms. The van der Waals surface area contributed by atoms with Gasteiger partial charge in [-0.25, -0.2) is 5.26 Å². The van der Waals surface area contributed by atoms with Crippen LogP contribution in [0, 0.1) is 10.7 Å². The van der Waals surface area contributed by atoms with Crippen molar-refractivity contribution in [1.82, 2.24) is 0 Å². The van der Waals surface area contributed by atoms with Crippen LogP contribution in [0.15, 0.2) is 0 Å². The van der Waals surface area contributed by atoms with E-state index in [0.717, 1.165) is 0 Å². The van der Waals surface area contributed by atoms with Gasteiger partial charge in [0.2, 0.25) is 0 Å². The number of rotatable bonds is 0. The second-order valence-electron chi connectivity index (χ2n) is 0.0913. The molecule has 3 heteroatoms. The summed E-state index contributed by atoms with van der Waals surface area (Å²) in [5, 5.41) is 8.47. The molecule has 0 aromatic heterocycles. The van der Waals surface area contributed by atoms with Gasteiger partial charge < -0.3 is 12.6 Å². The SMILES string of the molecule is N#C[S-].[Pt+4]. The fraction of sp³-hybridized carbons (Fsp3) is 0. The molecule has 0 aliphatic carbocycles. The number of nitriles is 1. The van der Waals surface area contributed by atoms with Crippen LogP contribution in [0.25, 0.3) is 0 Å². The van der Waals surface area contributed by atoms with E-state index in [0.29, 0.717) is 0 Å². The van der Waals surface area contributed by atoms with Gasteiger partial charge in [0.15, 0.2) is 0 Å². The van der Waals surface area contributed by atoms with Crippen molar-refractivity contribution < 1.29 is 21.1 Å². The minimum atomic E-state index is 0. The van der Waals surface area contributed by atoms with Crippen LogP contribution in [0.3, 0.4) is 0 Å². The minimum absolute atomic E-state index is 0. The summed E-state index contributed by atoms with van der Waals surface area (Å²) >= 11 is 3.70. The van der Waals surface area contributed by atoms with E-state index >= 15 is 0 Å². The van der Waals surface area contributed by atoms with Gasteiger partial charge in [0.1, 0.15) is 0 Å². The number of hydrogen-bond donors (Lipinski definition) is 0. The average molecular weight is 253 g/mol. The van der Waals surface area contributed by atoms with Crippen LogP contribution in [0.2, 0.25) is 0 Å². The van der Waals surface area contributed by atoms with Crippen molar-refractivity contribution >= 4 is 12.6 Å². The summed E-state index contributed by atoms with van der Waals surface area (Å²) in [6, 6.07) is 0. The first kappa shape index (κ1) is 8.83. The van der Waals surface area contributed by atoms with Crippen LogP contribution >= 0.6 is 0 Å². The van der Waals surface area contributed by atoms with Gasteiger partial charge in [-0.2, -0.15) is 0 Å². The number of nitrogens with zero attached hydrogens (tertiary/aromatic N) is 1. The number of hydrogen-bond acceptors (Lipinski definition) is 2. The first-order valence-electron chi connectivity index (χ1n) is 0.428. The summed E-state index contributed by atoms with van der Waals surface area (Å²) < 4.78 is 0. The van der Waals surface area contributed by atoms with E-state index in [9.17, 15) is 0 Å². The molecular weight excluding hydrogens is 253 g/mol. The fourth-order valence-electron chi connectivity index (χ4n) is 0. The molecule has 0 aliphatic heterocycles. The molecule has 0 aromatic carbocycles. The first-order chi connectivity index (χ1) is 1.41. The zero-order chi connectivity index (χ0) is 2.71. The van der Waals surface area contributed by atoms with Gasteiger partial charge >= 0.3 is 21.1 Å². The molecule has 0 N–H and O–H groups in total. The Morgan fingerprint density at radius 2 is 1.75 bits per heavy atom. The standard InChI is InChI=1S/CHNS.Pt/c2-1-3;/h3H;/q;+4/p-1. The third-order valence-corrected chi connectivity index (χ3v) is 0. The van der Waals surface area contributed by atoms with Gasteiger partial charge in [0.05, 0.1) is 0 Å². The molecule has 0 fully saturated rings. The van der Waals surface area contributed by atoms with E-state index in [4.69, 9.17) is 5.26 Å². The third kappa shape index (κ3) is 29.6. The molecule has 0 aliphatic rings. The molecule has 0 saturated carbocycles. The van der Waals surface area contributed by atoms with Crippen molar-refractivity contribution in [2.45, 2.75) is 0 Å². The van der Waals surface area contributed by atoms with Crippen LogP contribution in [-0.4, -0.2) is 0 Å². The Balaban J connectivity index is 0. The van der Waals surface area contributed by atoms with Crippen LogP contribution in [0.1, 0.15) is 0 Å². The van der Waals surface area contributed by atoms with Crippen LogP contribution in [-0.2, 0) is 33.7 Å². The maximum absolute atomic E-state index is 7.13. The van der Waals surface area contributed by atoms with E-state index in [1.54, 1.807) is 0 Å².